The molecule has 0 aromatic heterocycles. The van der Waals surface area contributed by atoms with Crippen LogP contribution in [0.15, 0.2) is 0 Å². The van der Waals surface area contributed by atoms with Crippen molar-refractivity contribution in [3.63, 3.8) is 0 Å². The van der Waals surface area contributed by atoms with E-state index in [1.165, 1.54) is 38.8 Å². The molecule has 1 rings (SSSR count). The predicted molar refractivity (Wildman–Crippen MR) is 38.0 cm³/mol. The molecule has 0 amide bonds. The third-order valence-corrected chi connectivity index (χ3v) is 1.46. The van der Waals surface area contributed by atoms with Crippen molar-refractivity contribution in [2.75, 3.05) is 13.1 Å². The highest BCUT2D eigenvalue weighted by Gasteiger charge is 1.94. The van der Waals surface area contributed by atoms with Crippen LogP contribution >= 0.6 is 0 Å². The Morgan fingerprint density at radius 2 is 1.33 bits per heavy atom. The Kier molecular flexibility index (Phi) is 6.99. The molecule has 9 heavy (non-hydrogen) atoms. The van der Waals surface area contributed by atoms with Crippen molar-refractivity contribution in [3.8, 4) is 6.57 Å². The smallest absolute Gasteiger partial charge is 0.0462 e. The molecule has 1 heterocycles. The summed E-state index contributed by atoms with van der Waals surface area (Å²) in [5.74, 6) is 0. The van der Waals surface area contributed by atoms with Crippen molar-refractivity contribution in [2.45, 2.75) is 25.7 Å². The molecule has 1 aliphatic heterocycles. The van der Waals surface area contributed by atoms with Crippen molar-refractivity contribution in [2.24, 2.45) is 0 Å². The molecule has 0 spiro atoms. The summed E-state index contributed by atoms with van der Waals surface area (Å²) in [4.78, 5) is 0. The predicted octanol–water partition coefficient (Wildman–Crippen LogP) is 1.29. The minimum absolute atomic E-state index is 1.25. The number of nitriles is 1. The molecular weight excluding hydrogens is 112 g/mol. The Balaban J connectivity index is 0.000000291. The molecular formula is C7H14N2. The van der Waals surface area contributed by atoms with Crippen LogP contribution < -0.4 is 5.32 Å². The minimum atomic E-state index is 1.25. The zero-order valence-corrected chi connectivity index (χ0v) is 5.77. The van der Waals surface area contributed by atoms with Crippen molar-refractivity contribution in [1.29, 1.82) is 5.26 Å². The zero-order valence-electron chi connectivity index (χ0n) is 5.77. The van der Waals surface area contributed by atoms with Crippen LogP contribution in [0, 0.1) is 11.8 Å². The molecule has 0 bridgehead atoms. The highest BCUT2D eigenvalue weighted by atomic mass is 14.8. The normalized spacial score (nSPS) is 18.9. The van der Waals surface area contributed by atoms with E-state index in [2.05, 4.69) is 11.9 Å². The highest BCUT2D eigenvalue weighted by molar-refractivity contribution is 4.54. The molecule has 1 saturated heterocycles. The van der Waals surface area contributed by atoms with E-state index in [1.807, 2.05) is 0 Å². The zero-order chi connectivity index (χ0) is 6.95. The first-order chi connectivity index (χ1) is 4.50. The fourth-order valence-electron chi connectivity index (χ4n) is 0.979. The molecule has 0 aromatic carbocycles. The van der Waals surface area contributed by atoms with Gasteiger partial charge >= 0.3 is 0 Å². The van der Waals surface area contributed by atoms with Gasteiger partial charge < -0.3 is 5.32 Å². The summed E-state index contributed by atoms with van der Waals surface area (Å²) in [5, 5.41) is 9.85. The van der Waals surface area contributed by atoms with E-state index in [1.54, 1.807) is 0 Å². The quantitative estimate of drug-likeness (QED) is 0.531. The molecule has 2 heteroatoms. The van der Waals surface area contributed by atoms with E-state index in [9.17, 15) is 0 Å². The lowest BCUT2D eigenvalue weighted by Crippen LogP contribution is -2.12. The molecule has 1 N–H and O–H groups in total. The van der Waals surface area contributed by atoms with Gasteiger partial charge in [-0.15, -0.1) is 0 Å². The molecule has 52 valence electrons. The van der Waals surface area contributed by atoms with Crippen molar-refractivity contribution < 1.29 is 0 Å². The summed E-state index contributed by atoms with van der Waals surface area (Å²) < 4.78 is 0. The highest BCUT2D eigenvalue weighted by Crippen LogP contribution is 2.00. The van der Waals surface area contributed by atoms with Crippen molar-refractivity contribution in [3.05, 3.63) is 0 Å². The maximum absolute atomic E-state index is 6.50. The summed E-state index contributed by atoms with van der Waals surface area (Å²) >= 11 is 0. The number of nitrogens with zero attached hydrogens (tertiary/aromatic N) is 1. The van der Waals surface area contributed by atoms with E-state index in [0.29, 0.717) is 0 Å². The van der Waals surface area contributed by atoms with Gasteiger partial charge in [-0.2, -0.15) is 0 Å². The van der Waals surface area contributed by atoms with Gasteiger partial charge in [0.15, 0.2) is 0 Å². The fourth-order valence-corrected chi connectivity index (χ4v) is 0.979. The average Bonchev–Trinajstić information content (AvgIpc) is 2.21. The van der Waals surface area contributed by atoms with Crippen LogP contribution in [0.1, 0.15) is 25.7 Å². The average molecular weight is 126 g/mol. The lowest BCUT2D eigenvalue weighted by molar-refractivity contribution is 0.702. The van der Waals surface area contributed by atoms with Gasteiger partial charge in [-0.05, 0) is 25.9 Å². The second-order valence-electron chi connectivity index (χ2n) is 2.16. The first-order valence-corrected chi connectivity index (χ1v) is 3.47. The number of hydrogen-bond donors (Lipinski definition) is 1. The van der Waals surface area contributed by atoms with E-state index in [4.69, 9.17) is 5.26 Å². The second-order valence-corrected chi connectivity index (χ2v) is 2.16. The van der Waals surface area contributed by atoms with Crippen LogP contribution in [-0.2, 0) is 0 Å². The van der Waals surface area contributed by atoms with Gasteiger partial charge in [-0.1, -0.05) is 12.8 Å². The summed E-state index contributed by atoms with van der Waals surface area (Å²) in [5.41, 5.74) is 0. The molecule has 1 aliphatic rings. The molecule has 0 saturated carbocycles. The summed E-state index contributed by atoms with van der Waals surface area (Å²) in [6.45, 7) is 6.00. The Hall–Kier alpha value is -0.550. The molecule has 0 radical (unpaired) electrons. The van der Waals surface area contributed by atoms with Crippen LogP contribution in [0.3, 0.4) is 0 Å². The lowest BCUT2D eigenvalue weighted by atomic mass is 10.2. The van der Waals surface area contributed by atoms with E-state index < -0.39 is 0 Å². The first kappa shape index (κ1) is 8.45. The first-order valence-electron chi connectivity index (χ1n) is 3.47. The Bertz CT molecular complexity index is 48.9. The van der Waals surface area contributed by atoms with Gasteiger partial charge in [0.1, 0.15) is 0 Å². The molecule has 1 fully saturated rings. The van der Waals surface area contributed by atoms with Gasteiger partial charge in [0, 0.05) is 6.57 Å². The summed E-state index contributed by atoms with van der Waals surface area (Å²) in [6, 6.07) is 0. The van der Waals surface area contributed by atoms with Gasteiger partial charge in [-0.3, -0.25) is 0 Å². The Labute approximate surface area is 56.9 Å². The van der Waals surface area contributed by atoms with Crippen LogP contribution in [-0.4, -0.2) is 13.1 Å². The van der Waals surface area contributed by atoms with Gasteiger partial charge in [0.2, 0.25) is 0 Å². The second kappa shape index (κ2) is 7.45. The van der Waals surface area contributed by atoms with Crippen molar-refractivity contribution in [1.82, 2.24) is 5.32 Å². The standard InChI is InChI=1S/C6H13N.CHN/c1-2-4-6-7-5-3-1;1-2/h7H,1-6H2;1H. The Morgan fingerprint density at radius 3 is 1.78 bits per heavy atom. The topological polar surface area (TPSA) is 35.8 Å². The number of nitrogens with one attached hydrogen (secondary N) is 1. The maximum Gasteiger partial charge on any atom is 0.0462 e. The van der Waals surface area contributed by atoms with Gasteiger partial charge in [0.25, 0.3) is 0 Å². The fraction of sp³-hybridized carbons (Fsp3) is 0.857. The third-order valence-electron chi connectivity index (χ3n) is 1.46. The van der Waals surface area contributed by atoms with Crippen LogP contribution in [0.25, 0.3) is 0 Å². The van der Waals surface area contributed by atoms with Gasteiger partial charge in [0.05, 0.1) is 0 Å². The van der Waals surface area contributed by atoms with Crippen LogP contribution in [0.2, 0.25) is 0 Å². The van der Waals surface area contributed by atoms with Crippen LogP contribution in [0.4, 0.5) is 0 Å². The number of rotatable bonds is 0. The number of hydrogen-bond acceptors (Lipinski definition) is 2. The Morgan fingerprint density at radius 1 is 0.889 bits per heavy atom. The third kappa shape index (κ3) is 5.32. The summed E-state index contributed by atoms with van der Waals surface area (Å²) in [7, 11) is 0. The summed E-state index contributed by atoms with van der Waals surface area (Å²) in [6.07, 6.45) is 5.65. The monoisotopic (exact) mass is 126 g/mol. The molecule has 0 unspecified atom stereocenters. The molecule has 0 atom stereocenters. The molecule has 0 aliphatic carbocycles. The van der Waals surface area contributed by atoms with Crippen LogP contribution in [0.5, 0.6) is 0 Å². The van der Waals surface area contributed by atoms with E-state index in [0.717, 1.165) is 0 Å². The lowest BCUT2D eigenvalue weighted by Gasteiger charge is -1.91. The maximum atomic E-state index is 6.50. The largest absolute Gasteiger partial charge is 0.317 e. The van der Waals surface area contributed by atoms with E-state index >= 15 is 0 Å². The SMILES string of the molecule is C#N.C1CCCNCC1. The van der Waals surface area contributed by atoms with E-state index in [-0.39, 0.29) is 0 Å². The molecule has 0 aromatic rings. The minimum Gasteiger partial charge on any atom is -0.317 e. The van der Waals surface area contributed by atoms with Crippen molar-refractivity contribution >= 4 is 0 Å². The van der Waals surface area contributed by atoms with Gasteiger partial charge in [-0.25, -0.2) is 5.26 Å². The molecule has 2 nitrogen and oxygen atoms in total.